The number of benzene rings is 1. The van der Waals surface area contributed by atoms with Crippen LogP contribution in [-0.4, -0.2) is 28.4 Å². The highest BCUT2D eigenvalue weighted by Crippen LogP contribution is 2.17. The largest absolute Gasteiger partial charge is 0.497 e. The van der Waals surface area contributed by atoms with Crippen molar-refractivity contribution >= 4 is 22.8 Å². The van der Waals surface area contributed by atoms with Crippen molar-refractivity contribution in [2.24, 2.45) is 0 Å². The number of carbonyl (C=O) groups excluding carboxylic acids is 1. The molecule has 2 N–H and O–H groups in total. The minimum absolute atomic E-state index is 0.302. The number of nitrogens with zero attached hydrogens (tertiary/aromatic N) is 2. The average Bonchev–Trinajstić information content (AvgIpc) is 2.58. The second kappa shape index (κ2) is 6.14. The number of aromatic amines is 1. The molecule has 0 radical (unpaired) electrons. The number of pyridine rings is 1. The van der Waals surface area contributed by atoms with Crippen molar-refractivity contribution in [2.45, 2.75) is 0 Å². The van der Waals surface area contributed by atoms with E-state index < -0.39 is 11.5 Å². The smallest absolute Gasteiger partial charge is 0.419 e. The first-order valence-corrected chi connectivity index (χ1v) is 6.63. The van der Waals surface area contributed by atoms with E-state index in [0.29, 0.717) is 22.5 Å². The van der Waals surface area contributed by atoms with Crippen LogP contribution in [0.25, 0.3) is 10.9 Å². The van der Waals surface area contributed by atoms with Gasteiger partial charge in [-0.1, -0.05) is 6.07 Å². The second-order valence-corrected chi connectivity index (χ2v) is 4.50. The molecule has 2 aromatic heterocycles. The molecule has 2 heterocycles. The monoisotopic (exact) mass is 312 g/mol. The van der Waals surface area contributed by atoms with Crippen molar-refractivity contribution in [1.82, 2.24) is 15.2 Å². The lowest BCUT2D eigenvalue weighted by Crippen LogP contribution is -2.22. The number of methoxy groups -OCH3 is 1. The Morgan fingerprint density at radius 1 is 1.26 bits per heavy atom. The maximum atomic E-state index is 12.3. The van der Waals surface area contributed by atoms with E-state index in [1.807, 2.05) is 0 Å². The van der Waals surface area contributed by atoms with Crippen LogP contribution in [0.3, 0.4) is 0 Å². The van der Waals surface area contributed by atoms with Gasteiger partial charge in [-0.15, -0.1) is 5.10 Å². The first-order valence-electron chi connectivity index (χ1n) is 6.63. The number of amides is 1. The van der Waals surface area contributed by atoms with Gasteiger partial charge in [0.05, 0.1) is 18.0 Å². The Bertz CT molecular complexity index is 908. The van der Waals surface area contributed by atoms with E-state index in [9.17, 15) is 9.59 Å². The molecule has 3 aromatic rings. The van der Waals surface area contributed by atoms with Gasteiger partial charge in [-0.25, -0.2) is 9.78 Å². The number of aromatic nitrogens is 3. The molecule has 1 amide bonds. The molecule has 0 aliphatic heterocycles. The molecule has 0 saturated carbocycles. The van der Waals surface area contributed by atoms with E-state index in [2.05, 4.69) is 20.5 Å². The molecule has 23 heavy (non-hydrogen) atoms. The molecule has 116 valence electrons. The fourth-order valence-corrected chi connectivity index (χ4v) is 1.94. The van der Waals surface area contributed by atoms with E-state index in [4.69, 9.17) is 9.47 Å². The van der Waals surface area contributed by atoms with Gasteiger partial charge in [0, 0.05) is 6.20 Å². The van der Waals surface area contributed by atoms with Gasteiger partial charge in [-0.05, 0) is 30.3 Å². The average molecular weight is 312 g/mol. The van der Waals surface area contributed by atoms with Crippen molar-refractivity contribution in [3.8, 4) is 11.6 Å². The lowest BCUT2D eigenvalue weighted by Gasteiger charge is -2.06. The number of carbonyl (C=O) groups is 1. The summed E-state index contributed by atoms with van der Waals surface area (Å²) in [4.78, 5) is 28.0. The molecule has 0 spiro atoms. The Balaban J connectivity index is 1.86. The summed E-state index contributed by atoms with van der Waals surface area (Å²) in [6.45, 7) is 0. The number of ether oxygens (including phenoxy) is 2. The molecule has 0 atom stereocenters. The third-order valence-corrected chi connectivity index (χ3v) is 3.03. The minimum atomic E-state index is -0.857. The van der Waals surface area contributed by atoms with Crippen LogP contribution < -0.4 is 20.2 Å². The van der Waals surface area contributed by atoms with Crippen LogP contribution in [-0.2, 0) is 0 Å². The summed E-state index contributed by atoms with van der Waals surface area (Å²) in [5, 5.41) is 9.12. The SMILES string of the molecule is COc1ccc2[nH]nc(OC(=O)Nc3ccccn3)c(=O)c2c1. The standard InChI is InChI=1S/C15H12N4O4/c1-22-9-5-6-11-10(8-9)13(20)14(19-18-11)23-15(21)17-12-4-2-3-7-16-12/h2-8H,1H3,(H,18,20)(H,16,17,21). The van der Waals surface area contributed by atoms with Crippen LogP contribution in [0.2, 0.25) is 0 Å². The van der Waals surface area contributed by atoms with E-state index in [0.717, 1.165) is 0 Å². The molecule has 0 saturated heterocycles. The van der Waals surface area contributed by atoms with Gasteiger partial charge in [0.25, 0.3) is 11.3 Å². The third kappa shape index (κ3) is 3.10. The van der Waals surface area contributed by atoms with Gasteiger partial charge in [-0.3, -0.25) is 15.2 Å². The topological polar surface area (TPSA) is 106 Å². The third-order valence-electron chi connectivity index (χ3n) is 3.03. The highest BCUT2D eigenvalue weighted by Gasteiger charge is 2.13. The van der Waals surface area contributed by atoms with Gasteiger partial charge in [-0.2, -0.15) is 0 Å². The summed E-state index contributed by atoms with van der Waals surface area (Å²) in [5.74, 6) is 0.452. The Kier molecular flexibility index (Phi) is 3.88. The van der Waals surface area contributed by atoms with Gasteiger partial charge in [0.15, 0.2) is 0 Å². The molecular weight excluding hydrogens is 300 g/mol. The Labute approximate surface area is 130 Å². The van der Waals surface area contributed by atoms with E-state index in [1.165, 1.54) is 13.3 Å². The van der Waals surface area contributed by atoms with Crippen molar-refractivity contribution in [3.63, 3.8) is 0 Å². The van der Waals surface area contributed by atoms with Crippen LogP contribution >= 0.6 is 0 Å². The van der Waals surface area contributed by atoms with Gasteiger partial charge in [0.2, 0.25) is 0 Å². The van der Waals surface area contributed by atoms with Crippen molar-refractivity contribution in [3.05, 3.63) is 52.8 Å². The zero-order valence-corrected chi connectivity index (χ0v) is 12.1. The van der Waals surface area contributed by atoms with Crippen LogP contribution in [0.15, 0.2) is 47.4 Å². The fraction of sp³-hybridized carbons (Fsp3) is 0.0667. The number of rotatable bonds is 3. The summed E-state index contributed by atoms with van der Waals surface area (Å²) in [6, 6.07) is 9.88. The summed E-state index contributed by atoms with van der Waals surface area (Å²) >= 11 is 0. The molecule has 0 unspecified atom stereocenters. The van der Waals surface area contributed by atoms with Crippen LogP contribution in [0.1, 0.15) is 0 Å². The zero-order valence-electron chi connectivity index (χ0n) is 12.1. The molecule has 0 aliphatic carbocycles. The number of hydrogen-bond acceptors (Lipinski definition) is 6. The van der Waals surface area contributed by atoms with Gasteiger partial charge >= 0.3 is 6.09 Å². The fourth-order valence-electron chi connectivity index (χ4n) is 1.94. The highest BCUT2D eigenvalue weighted by molar-refractivity contribution is 5.86. The highest BCUT2D eigenvalue weighted by atomic mass is 16.6. The molecule has 3 rings (SSSR count). The van der Waals surface area contributed by atoms with Crippen LogP contribution in [0, 0.1) is 0 Å². The number of nitrogens with one attached hydrogen (secondary N) is 2. The van der Waals surface area contributed by atoms with Gasteiger partial charge in [0.1, 0.15) is 11.6 Å². The van der Waals surface area contributed by atoms with Crippen molar-refractivity contribution in [2.75, 3.05) is 12.4 Å². The molecule has 8 heteroatoms. The predicted molar refractivity (Wildman–Crippen MR) is 82.8 cm³/mol. The Morgan fingerprint density at radius 3 is 2.87 bits per heavy atom. The Hall–Kier alpha value is -3.42. The Morgan fingerprint density at radius 2 is 2.13 bits per heavy atom. The number of H-pyrrole nitrogens is 1. The minimum Gasteiger partial charge on any atom is -0.497 e. The first kappa shape index (κ1) is 14.5. The van der Waals surface area contributed by atoms with E-state index in [1.54, 1.807) is 36.4 Å². The number of fused-ring (bicyclic) bond motifs is 1. The van der Waals surface area contributed by atoms with E-state index in [-0.39, 0.29) is 5.88 Å². The van der Waals surface area contributed by atoms with Gasteiger partial charge < -0.3 is 9.47 Å². The summed E-state index contributed by atoms with van der Waals surface area (Å²) in [7, 11) is 1.49. The summed E-state index contributed by atoms with van der Waals surface area (Å²) in [6.07, 6.45) is 0.659. The molecule has 0 bridgehead atoms. The zero-order chi connectivity index (χ0) is 16.2. The molecule has 8 nitrogen and oxygen atoms in total. The summed E-state index contributed by atoms with van der Waals surface area (Å²) < 4.78 is 10.0. The van der Waals surface area contributed by atoms with Crippen LogP contribution in [0.4, 0.5) is 10.6 Å². The quantitative estimate of drug-likeness (QED) is 0.765. The molecule has 0 aliphatic rings. The lowest BCUT2D eigenvalue weighted by molar-refractivity contribution is 0.212. The van der Waals surface area contributed by atoms with E-state index >= 15 is 0 Å². The maximum absolute atomic E-state index is 12.3. The number of hydrogen-bond donors (Lipinski definition) is 2. The second-order valence-electron chi connectivity index (χ2n) is 4.50. The maximum Gasteiger partial charge on any atom is 0.419 e. The molecular formula is C15H12N4O4. The molecule has 0 fully saturated rings. The van der Waals surface area contributed by atoms with Crippen LogP contribution in [0.5, 0.6) is 11.6 Å². The number of anilines is 1. The van der Waals surface area contributed by atoms with Crippen molar-refractivity contribution < 1.29 is 14.3 Å². The summed E-state index contributed by atoms with van der Waals surface area (Å²) in [5.41, 5.74) is -0.0119. The lowest BCUT2D eigenvalue weighted by atomic mass is 10.2. The first-order chi connectivity index (χ1) is 11.2. The predicted octanol–water partition coefficient (Wildman–Crippen LogP) is 1.94. The van der Waals surface area contributed by atoms with Crippen molar-refractivity contribution in [1.29, 1.82) is 0 Å². The molecule has 1 aromatic carbocycles. The normalized spacial score (nSPS) is 10.3.